The Hall–Kier alpha value is -1.20. The van der Waals surface area contributed by atoms with Gasteiger partial charge in [0.15, 0.2) is 10.7 Å². The third-order valence-electron chi connectivity index (χ3n) is 2.66. The van der Waals surface area contributed by atoms with Crippen molar-refractivity contribution < 1.29 is 0 Å². The summed E-state index contributed by atoms with van der Waals surface area (Å²) >= 11 is 11.6. The lowest BCUT2D eigenvalue weighted by molar-refractivity contribution is 0.590. The Morgan fingerprint density at radius 1 is 1.17 bits per heavy atom. The summed E-state index contributed by atoms with van der Waals surface area (Å²) in [6.45, 7) is 4.44. The van der Waals surface area contributed by atoms with Crippen LogP contribution in [0.2, 0.25) is 10.4 Å². The summed E-state index contributed by atoms with van der Waals surface area (Å²) in [4.78, 5) is 24.3. The van der Waals surface area contributed by atoms with E-state index in [1.165, 1.54) is 0 Å². The normalized spacial score (nSPS) is 11.1. The number of rotatable bonds is 3. The van der Waals surface area contributed by atoms with E-state index in [4.69, 9.17) is 23.2 Å². The van der Waals surface area contributed by atoms with Gasteiger partial charge in [0.25, 0.3) is 5.56 Å². The fourth-order valence-corrected chi connectivity index (χ4v) is 2.15. The predicted molar refractivity (Wildman–Crippen MR) is 71.3 cm³/mol. The van der Waals surface area contributed by atoms with Gasteiger partial charge in [0.2, 0.25) is 5.28 Å². The molecule has 2 heterocycles. The molecule has 0 aromatic carbocycles. The highest BCUT2D eigenvalue weighted by Gasteiger charge is 2.13. The smallest absolute Gasteiger partial charge is 0.280 e. The lowest BCUT2D eigenvalue weighted by Gasteiger charge is -2.09. The lowest BCUT2D eigenvalue weighted by atomic mass is 10.3. The van der Waals surface area contributed by atoms with Crippen molar-refractivity contribution in [2.45, 2.75) is 33.2 Å². The van der Waals surface area contributed by atoms with Gasteiger partial charge >= 0.3 is 0 Å². The second kappa shape index (κ2) is 5.20. The number of aryl methyl sites for hydroxylation is 1. The Morgan fingerprint density at radius 3 is 2.56 bits per heavy atom. The van der Waals surface area contributed by atoms with Crippen LogP contribution >= 0.6 is 23.2 Å². The minimum atomic E-state index is -0.225. The molecule has 0 atom stereocenters. The van der Waals surface area contributed by atoms with Crippen LogP contribution in [0, 0.1) is 6.92 Å². The average Bonchev–Trinajstić information content (AvgIpc) is 2.31. The zero-order chi connectivity index (χ0) is 13.3. The van der Waals surface area contributed by atoms with E-state index in [9.17, 15) is 4.79 Å². The molecule has 0 N–H and O–H groups in total. The van der Waals surface area contributed by atoms with Gasteiger partial charge in [-0.25, -0.2) is 15.0 Å². The number of hydrogen-bond acceptors (Lipinski definition) is 4. The maximum Gasteiger partial charge on any atom is 0.280 e. The minimum Gasteiger partial charge on any atom is -0.295 e. The molecule has 2 aromatic heterocycles. The molecule has 0 saturated carbocycles. The monoisotopic (exact) mass is 286 g/mol. The first-order valence-corrected chi connectivity index (χ1v) is 6.40. The van der Waals surface area contributed by atoms with Crippen molar-refractivity contribution in [2.75, 3.05) is 0 Å². The number of hydrogen-bond donors (Lipinski definition) is 0. The minimum absolute atomic E-state index is 0.0442. The molecule has 0 aliphatic heterocycles. The molecule has 0 radical (unpaired) electrons. The van der Waals surface area contributed by atoms with E-state index in [1.807, 2.05) is 0 Å². The summed E-state index contributed by atoms with van der Waals surface area (Å²) in [6.07, 6.45) is 1.90. The zero-order valence-corrected chi connectivity index (χ0v) is 11.6. The first kappa shape index (κ1) is 13.2. The van der Waals surface area contributed by atoms with Crippen LogP contribution in [0.4, 0.5) is 0 Å². The predicted octanol–water partition coefficient (Wildman–Crippen LogP) is 2.60. The van der Waals surface area contributed by atoms with E-state index in [-0.39, 0.29) is 21.5 Å². The topological polar surface area (TPSA) is 60.7 Å². The highest BCUT2D eigenvalue weighted by Crippen LogP contribution is 2.18. The largest absolute Gasteiger partial charge is 0.295 e. The van der Waals surface area contributed by atoms with Gasteiger partial charge in [-0.15, -0.1) is 0 Å². The molecular weight excluding hydrogens is 275 g/mol. The van der Waals surface area contributed by atoms with E-state index in [2.05, 4.69) is 21.9 Å². The number of nitrogens with zero attached hydrogens (tertiary/aromatic N) is 4. The third kappa shape index (κ3) is 2.33. The van der Waals surface area contributed by atoms with Crippen molar-refractivity contribution in [3.63, 3.8) is 0 Å². The number of halogens is 2. The number of fused-ring (bicyclic) bond motifs is 1. The molecule has 0 spiro atoms. The Kier molecular flexibility index (Phi) is 3.82. The molecule has 7 heteroatoms. The second-order valence-corrected chi connectivity index (χ2v) is 4.65. The van der Waals surface area contributed by atoms with Crippen molar-refractivity contribution in [2.24, 2.45) is 0 Å². The molecule has 0 unspecified atom stereocenters. The second-order valence-electron chi connectivity index (χ2n) is 3.95. The van der Waals surface area contributed by atoms with Gasteiger partial charge in [-0.1, -0.05) is 24.9 Å². The van der Waals surface area contributed by atoms with Gasteiger partial charge in [-0.3, -0.25) is 9.36 Å². The van der Waals surface area contributed by atoms with Gasteiger partial charge in [0, 0.05) is 6.54 Å². The van der Waals surface area contributed by atoms with Crippen molar-refractivity contribution in [1.29, 1.82) is 0 Å². The van der Waals surface area contributed by atoms with E-state index >= 15 is 0 Å². The van der Waals surface area contributed by atoms with Crippen LogP contribution in [0.1, 0.15) is 25.6 Å². The molecule has 0 amide bonds. The molecule has 96 valence electrons. The molecule has 0 aliphatic carbocycles. The summed E-state index contributed by atoms with van der Waals surface area (Å²) in [5, 5.41) is 0.0603. The fraction of sp³-hybridized carbons (Fsp3) is 0.455. The van der Waals surface area contributed by atoms with Crippen LogP contribution in [-0.2, 0) is 6.54 Å². The number of unbranched alkanes of at least 4 members (excludes halogenated alkanes) is 1. The maximum atomic E-state index is 12.3. The summed E-state index contributed by atoms with van der Waals surface area (Å²) in [5.41, 5.74) is 0.246. The first-order chi connectivity index (χ1) is 8.54. The van der Waals surface area contributed by atoms with Crippen LogP contribution < -0.4 is 5.56 Å². The van der Waals surface area contributed by atoms with Crippen molar-refractivity contribution in [3.8, 4) is 0 Å². The third-order valence-corrected chi connectivity index (χ3v) is 3.09. The van der Waals surface area contributed by atoms with Gasteiger partial charge in [-0.2, -0.15) is 0 Å². The van der Waals surface area contributed by atoms with Crippen LogP contribution in [0.25, 0.3) is 11.0 Å². The lowest BCUT2D eigenvalue weighted by Crippen LogP contribution is -2.25. The molecule has 2 aromatic rings. The van der Waals surface area contributed by atoms with E-state index < -0.39 is 0 Å². The van der Waals surface area contributed by atoms with Crippen LogP contribution in [-0.4, -0.2) is 19.5 Å². The average molecular weight is 287 g/mol. The van der Waals surface area contributed by atoms with Gasteiger partial charge in [0.05, 0.1) is 0 Å². The zero-order valence-electron chi connectivity index (χ0n) is 10.1. The molecule has 0 bridgehead atoms. The highest BCUT2D eigenvalue weighted by molar-refractivity contribution is 6.35. The molecule has 2 rings (SSSR count). The van der Waals surface area contributed by atoms with Crippen molar-refractivity contribution in [3.05, 3.63) is 26.6 Å². The Balaban J connectivity index is 2.73. The molecule has 5 nitrogen and oxygen atoms in total. The van der Waals surface area contributed by atoms with Crippen LogP contribution in [0.3, 0.4) is 0 Å². The van der Waals surface area contributed by atoms with Gasteiger partial charge in [-0.05, 0) is 24.9 Å². The van der Waals surface area contributed by atoms with Crippen molar-refractivity contribution >= 4 is 34.2 Å². The summed E-state index contributed by atoms with van der Waals surface area (Å²) < 4.78 is 1.59. The van der Waals surface area contributed by atoms with Crippen LogP contribution in [0.15, 0.2) is 4.79 Å². The molecule has 0 saturated heterocycles. The highest BCUT2D eigenvalue weighted by atomic mass is 35.5. The van der Waals surface area contributed by atoms with Gasteiger partial charge < -0.3 is 0 Å². The molecule has 18 heavy (non-hydrogen) atoms. The molecular formula is C11H12Cl2N4O. The molecule has 0 aliphatic rings. The standard InChI is InChI=1S/C11H12Cl2N4O/c1-3-4-5-17-6(2)14-7-8(10(17)18)15-11(13)16-9(7)12/h3-5H2,1-2H3. The molecule has 0 fully saturated rings. The summed E-state index contributed by atoms with van der Waals surface area (Å²) in [6, 6.07) is 0. The summed E-state index contributed by atoms with van der Waals surface area (Å²) in [5.74, 6) is 0.605. The Labute approximate surface area is 114 Å². The fourth-order valence-electron chi connectivity index (χ4n) is 1.73. The van der Waals surface area contributed by atoms with E-state index in [0.29, 0.717) is 17.9 Å². The van der Waals surface area contributed by atoms with Crippen LogP contribution in [0.5, 0.6) is 0 Å². The quantitative estimate of drug-likeness (QED) is 0.643. The van der Waals surface area contributed by atoms with E-state index in [1.54, 1.807) is 11.5 Å². The maximum absolute atomic E-state index is 12.3. The van der Waals surface area contributed by atoms with Crippen molar-refractivity contribution in [1.82, 2.24) is 19.5 Å². The Bertz CT molecular complexity index is 654. The van der Waals surface area contributed by atoms with Gasteiger partial charge in [0.1, 0.15) is 11.3 Å². The summed E-state index contributed by atoms with van der Waals surface area (Å²) in [7, 11) is 0. The number of aromatic nitrogens is 4. The first-order valence-electron chi connectivity index (χ1n) is 5.64. The van der Waals surface area contributed by atoms with E-state index in [0.717, 1.165) is 12.8 Å². The Morgan fingerprint density at radius 2 is 1.89 bits per heavy atom. The SMILES string of the molecule is CCCCn1c(C)nc2c(Cl)nc(Cl)nc2c1=O.